The van der Waals surface area contributed by atoms with E-state index >= 15 is 0 Å². The minimum absolute atomic E-state index is 0.236. The van der Waals surface area contributed by atoms with Crippen LogP contribution in [-0.2, 0) is 4.74 Å². The van der Waals surface area contributed by atoms with E-state index in [1.54, 1.807) is 18.3 Å². The average molecular weight is 231 g/mol. The Morgan fingerprint density at radius 2 is 2.59 bits per heavy atom. The highest BCUT2D eigenvalue weighted by molar-refractivity contribution is 5.51. The zero-order valence-electron chi connectivity index (χ0n) is 10.0. The highest BCUT2D eigenvalue weighted by Crippen LogP contribution is 2.21. The van der Waals surface area contributed by atoms with Crippen LogP contribution < -0.4 is 5.32 Å². The Bertz CT molecular complexity index is 407. The first-order valence-electron chi connectivity index (χ1n) is 6.08. The Hall–Kier alpha value is -1.60. The number of nitriles is 1. The standard InChI is InChI=1S/C13H17N3O/c1-2-11(12-6-4-8-17-12)16-13-10(9-14)5-3-7-15-13/h3,5,7,11-12H,2,4,6,8H2,1H3,(H,15,16). The number of hydrogen-bond donors (Lipinski definition) is 1. The maximum atomic E-state index is 9.01. The van der Waals surface area contributed by atoms with Crippen molar-refractivity contribution < 1.29 is 4.74 Å². The number of hydrogen-bond acceptors (Lipinski definition) is 4. The van der Waals surface area contributed by atoms with E-state index in [1.165, 1.54) is 0 Å². The zero-order valence-corrected chi connectivity index (χ0v) is 10.0. The Morgan fingerprint density at radius 3 is 3.24 bits per heavy atom. The number of aromatic nitrogens is 1. The van der Waals surface area contributed by atoms with Crippen LogP contribution in [0.3, 0.4) is 0 Å². The fraction of sp³-hybridized carbons (Fsp3) is 0.538. The number of anilines is 1. The predicted molar refractivity (Wildman–Crippen MR) is 65.6 cm³/mol. The fourth-order valence-electron chi connectivity index (χ4n) is 2.16. The molecule has 0 saturated carbocycles. The molecule has 1 aromatic rings. The Morgan fingerprint density at radius 1 is 1.71 bits per heavy atom. The largest absolute Gasteiger partial charge is 0.376 e. The van der Waals surface area contributed by atoms with E-state index in [1.807, 2.05) is 0 Å². The number of rotatable bonds is 4. The first kappa shape index (κ1) is 11.9. The molecule has 2 rings (SSSR count). The lowest BCUT2D eigenvalue weighted by Crippen LogP contribution is -2.33. The van der Waals surface area contributed by atoms with Gasteiger partial charge in [0, 0.05) is 12.8 Å². The van der Waals surface area contributed by atoms with Crippen LogP contribution in [0.4, 0.5) is 5.82 Å². The van der Waals surface area contributed by atoms with Crippen LogP contribution in [-0.4, -0.2) is 23.7 Å². The molecular formula is C13H17N3O. The third-order valence-electron chi connectivity index (χ3n) is 3.10. The molecule has 17 heavy (non-hydrogen) atoms. The number of nitrogens with one attached hydrogen (secondary N) is 1. The molecule has 0 amide bonds. The molecule has 2 unspecified atom stereocenters. The van der Waals surface area contributed by atoms with Crippen LogP contribution in [0.5, 0.6) is 0 Å². The molecule has 1 aliphatic rings. The van der Waals surface area contributed by atoms with Crippen LogP contribution >= 0.6 is 0 Å². The van der Waals surface area contributed by atoms with E-state index in [2.05, 4.69) is 23.3 Å². The summed E-state index contributed by atoms with van der Waals surface area (Å²) in [5.74, 6) is 0.664. The summed E-state index contributed by atoms with van der Waals surface area (Å²) in [7, 11) is 0. The maximum Gasteiger partial charge on any atom is 0.144 e. The molecule has 1 aromatic heterocycles. The summed E-state index contributed by atoms with van der Waals surface area (Å²) in [6.07, 6.45) is 5.11. The van der Waals surface area contributed by atoms with E-state index < -0.39 is 0 Å². The summed E-state index contributed by atoms with van der Waals surface area (Å²) in [5.41, 5.74) is 0.587. The van der Waals surface area contributed by atoms with Gasteiger partial charge in [-0.1, -0.05) is 6.92 Å². The molecule has 4 heteroatoms. The number of pyridine rings is 1. The Kier molecular flexibility index (Phi) is 3.94. The van der Waals surface area contributed by atoms with Crippen LogP contribution in [0.2, 0.25) is 0 Å². The minimum atomic E-state index is 0.236. The van der Waals surface area contributed by atoms with Gasteiger partial charge in [0.1, 0.15) is 11.9 Å². The second kappa shape index (κ2) is 5.65. The third-order valence-corrected chi connectivity index (χ3v) is 3.10. The normalized spacial score (nSPS) is 20.8. The number of nitrogens with zero attached hydrogens (tertiary/aromatic N) is 2. The van der Waals surface area contributed by atoms with Crippen LogP contribution in [0.25, 0.3) is 0 Å². The van der Waals surface area contributed by atoms with Crippen molar-refractivity contribution in [2.45, 2.75) is 38.3 Å². The van der Waals surface area contributed by atoms with Gasteiger partial charge in [-0.05, 0) is 31.4 Å². The smallest absolute Gasteiger partial charge is 0.144 e. The van der Waals surface area contributed by atoms with Gasteiger partial charge in [-0.25, -0.2) is 4.98 Å². The quantitative estimate of drug-likeness (QED) is 0.864. The van der Waals surface area contributed by atoms with Gasteiger partial charge in [0.05, 0.1) is 17.7 Å². The molecule has 4 nitrogen and oxygen atoms in total. The Balaban J connectivity index is 2.10. The summed E-state index contributed by atoms with van der Waals surface area (Å²) in [4.78, 5) is 4.22. The van der Waals surface area contributed by atoms with Crippen LogP contribution in [0, 0.1) is 11.3 Å². The van der Waals surface area contributed by atoms with Crippen LogP contribution in [0.1, 0.15) is 31.7 Å². The highest BCUT2D eigenvalue weighted by Gasteiger charge is 2.25. The maximum absolute atomic E-state index is 9.01. The van der Waals surface area contributed by atoms with Gasteiger partial charge >= 0.3 is 0 Å². The molecule has 1 aliphatic heterocycles. The van der Waals surface area contributed by atoms with Crippen molar-refractivity contribution >= 4 is 5.82 Å². The fourth-order valence-corrected chi connectivity index (χ4v) is 2.16. The molecule has 2 heterocycles. The topological polar surface area (TPSA) is 57.9 Å². The lowest BCUT2D eigenvalue weighted by atomic mass is 10.1. The van der Waals surface area contributed by atoms with E-state index in [0.717, 1.165) is 25.9 Å². The lowest BCUT2D eigenvalue weighted by molar-refractivity contribution is 0.0942. The molecule has 1 saturated heterocycles. The Labute approximate surface area is 102 Å². The van der Waals surface area contributed by atoms with Gasteiger partial charge in [0.2, 0.25) is 0 Å². The van der Waals surface area contributed by atoms with E-state index in [-0.39, 0.29) is 12.1 Å². The molecule has 2 atom stereocenters. The zero-order chi connectivity index (χ0) is 12.1. The van der Waals surface area contributed by atoms with Gasteiger partial charge in [-0.15, -0.1) is 0 Å². The molecule has 0 spiro atoms. The summed E-state index contributed by atoms with van der Waals surface area (Å²) >= 11 is 0. The molecule has 0 aliphatic carbocycles. The summed E-state index contributed by atoms with van der Waals surface area (Å²) in [6, 6.07) is 5.94. The number of ether oxygens (including phenoxy) is 1. The van der Waals surface area contributed by atoms with E-state index in [9.17, 15) is 0 Å². The molecule has 0 aromatic carbocycles. The van der Waals surface area contributed by atoms with E-state index in [0.29, 0.717) is 11.4 Å². The molecule has 0 radical (unpaired) electrons. The van der Waals surface area contributed by atoms with Crippen molar-refractivity contribution in [3.05, 3.63) is 23.9 Å². The predicted octanol–water partition coefficient (Wildman–Crippen LogP) is 2.32. The first-order valence-corrected chi connectivity index (χ1v) is 6.08. The van der Waals surface area contributed by atoms with Gasteiger partial charge in [-0.2, -0.15) is 5.26 Å². The van der Waals surface area contributed by atoms with Crippen molar-refractivity contribution in [3.63, 3.8) is 0 Å². The van der Waals surface area contributed by atoms with Crippen molar-refractivity contribution in [1.82, 2.24) is 4.98 Å². The van der Waals surface area contributed by atoms with Crippen LogP contribution in [0.15, 0.2) is 18.3 Å². The van der Waals surface area contributed by atoms with E-state index in [4.69, 9.17) is 10.00 Å². The van der Waals surface area contributed by atoms with Gasteiger partial charge in [-0.3, -0.25) is 0 Å². The summed E-state index contributed by atoms with van der Waals surface area (Å²) < 4.78 is 5.68. The second-order valence-electron chi connectivity index (χ2n) is 4.22. The van der Waals surface area contributed by atoms with Crippen molar-refractivity contribution in [1.29, 1.82) is 5.26 Å². The SMILES string of the molecule is CCC(Nc1ncccc1C#N)C1CCCO1. The molecular weight excluding hydrogens is 214 g/mol. The molecule has 1 N–H and O–H groups in total. The van der Waals surface area contributed by atoms with Crippen molar-refractivity contribution in [3.8, 4) is 6.07 Å². The van der Waals surface area contributed by atoms with Gasteiger partial charge < -0.3 is 10.1 Å². The molecule has 1 fully saturated rings. The second-order valence-corrected chi connectivity index (χ2v) is 4.22. The summed E-state index contributed by atoms with van der Waals surface area (Å²) in [5, 5.41) is 12.3. The van der Waals surface area contributed by atoms with Crippen molar-refractivity contribution in [2.75, 3.05) is 11.9 Å². The van der Waals surface area contributed by atoms with Crippen molar-refractivity contribution in [2.24, 2.45) is 0 Å². The minimum Gasteiger partial charge on any atom is -0.376 e. The highest BCUT2D eigenvalue weighted by atomic mass is 16.5. The monoisotopic (exact) mass is 231 g/mol. The molecule has 90 valence electrons. The average Bonchev–Trinajstić information content (AvgIpc) is 2.90. The first-order chi connectivity index (χ1) is 8.35. The molecule has 0 bridgehead atoms. The third kappa shape index (κ3) is 2.75. The van der Waals surface area contributed by atoms with Gasteiger partial charge in [0.25, 0.3) is 0 Å². The summed E-state index contributed by atoms with van der Waals surface area (Å²) in [6.45, 7) is 2.96. The van der Waals surface area contributed by atoms with Gasteiger partial charge in [0.15, 0.2) is 0 Å². The lowest BCUT2D eigenvalue weighted by Gasteiger charge is -2.23.